The predicted octanol–water partition coefficient (Wildman–Crippen LogP) is 16.6. The Kier molecular flexibility index (Phi) is 32.4. The molecule has 26 nitrogen and oxygen atoms in total. The van der Waals surface area contributed by atoms with Crippen molar-refractivity contribution in [1.29, 1.82) is 0 Å². The minimum Gasteiger partial charge on any atom is -0.399 e. The number of fused-ring (bicyclic) bond motifs is 4. The Balaban J connectivity index is 0.000000182. The number of hydrogen-bond donors (Lipinski definition) is 2. The van der Waals surface area contributed by atoms with Crippen molar-refractivity contribution in [3.63, 3.8) is 0 Å². The molecule has 0 bridgehead atoms. The monoisotopic (exact) mass is 1570 g/mol. The first-order valence-electron chi connectivity index (χ1n) is 35.6. The lowest BCUT2D eigenvalue weighted by Crippen LogP contribution is -2.41. The lowest BCUT2D eigenvalue weighted by atomic mass is 9.82. The van der Waals surface area contributed by atoms with E-state index in [0.717, 1.165) is 105 Å². The third kappa shape index (κ3) is 26.7. The molecular weight excluding hydrogens is 1460 g/mol. The van der Waals surface area contributed by atoms with Gasteiger partial charge in [0.2, 0.25) is 0 Å². The number of nitrogens with zero attached hydrogens (tertiary/aromatic N) is 16. The van der Waals surface area contributed by atoms with Crippen LogP contribution in [0.1, 0.15) is 67.8 Å². The van der Waals surface area contributed by atoms with Crippen LogP contribution in [0.15, 0.2) is 112 Å². The van der Waals surface area contributed by atoms with E-state index in [4.69, 9.17) is 72.5 Å². The number of rotatable bonds is 28. The van der Waals surface area contributed by atoms with Crippen molar-refractivity contribution in [1.82, 2.24) is 88.3 Å². The number of aromatic nitrogens is 18. The summed E-state index contributed by atoms with van der Waals surface area (Å²) in [5.74, 6) is 0. The third-order valence-electron chi connectivity index (χ3n) is 17.0. The van der Waals surface area contributed by atoms with E-state index in [-0.39, 0.29) is 30.8 Å². The van der Waals surface area contributed by atoms with Gasteiger partial charge in [-0.2, -0.15) is 15.3 Å². The van der Waals surface area contributed by atoms with E-state index in [2.05, 4.69) is 144 Å². The molecule has 0 aliphatic carbocycles. The number of halogens is 3. The topological polar surface area (TPSA) is 272 Å². The molecule has 1 fully saturated rings. The van der Waals surface area contributed by atoms with Crippen LogP contribution >= 0.6 is 34.8 Å². The van der Waals surface area contributed by atoms with Crippen molar-refractivity contribution in [2.45, 2.75) is 202 Å². The zero-order valence-corrected chi connectivity index (χ0v) is 71.3. The molecule has 11 aromatic heterocycles. The van der Waals surface area contributed by atoms with Gasteiger partial charge in [-0.25, -0.2) is 49.2 Å². The first-order valence-corrected chi connectivity index (χ1v) is 51.8. The normalized spacial score (nSPS) is 14.2. The van der Waals surface area contributed by atoms with Gasteiger partial charge >= 0.3 is 7.12 Å². The molecule has 0 radical (unpaired) electrons. The van der Waals surface area contributed by atoms with Gasteiger partial charge in [0.1, 0.15) is 96.9 Å². The molecule has 2 N–H and O–H groups in total. The van der Waals surface area contributed by atoms with Crippen molar-refractivity contribution in [3.8, 4) is 22.5 Å². The molecule has 105 heavy (non-hydrogen) atoms. The van der Waals surface area contributed by atoms with E-state index in [0.29, 0.717) is 49.8 Å². The van der Waals surface area contributed by atoms with E-state index >= 15 is 0 Å². The van der Waals surface area contributed by atoms with Crippen LogP contribution in [0.4, 0.5) is 0 Å². The fraction of sp³-hybridized carbons (Fsp3) is 0.535. The van der Waals surface area contributed by atoms with Crippen molar-refractivity contribution in [3.05, 3.63) is 122 Å². The van der Waals surface area contributed by atoms with Crippen molar-refractivity contribution < 1.29 is 37.7 Å². The molecule has 0 saturated carbocycles. The minimum atomic E-state index is -1.08. The summed E-state index contributed by atoms with van der Waals surface area (Å²) in [6.45, 7) is 50.2. The van der Waals surface area contributed by atoms with E-state index in [9.17, 15) is 0 Å². The third-order valence-corrected chi connectivity index (χ3v) is 24.6. The summed E-state index contributed by atoms with van der Waals surface area (Å²) in [7, 11) is -4.40. The Morgan fingerprint density at radius 1 is 0.505 bits per heavy atom. The highest BCUT2D eigenvalue weighted by molar-refractivity contribution is 6.77. The summed E-state index contributed by atoms with van der Waals surface area (Å²) in [4.78, 5) is 36.6. The summed E-state index contributed by atoms with van der Waals surface area (Å²) in [5.41, 5.74) is 7.30. The molecule has 0 amide bonds. The lowest BCUT2D eigenvalue weighted by Gasteiger charge is -2.32. The van der Waals surface area contributed by atoms with E-state index in [1.54, 1.807) is 35.9 Å². The first kappa shape index (κ1) is 85.8. The first-order chi connectivity index (χ1) is 49.6. The number of ether oxygens (including phenoxy) is 6. The average molecular weight is 1570 g/mol. The molecule has 11 aromatic rings. The van der Waals surface area contributed by atoms with Crippen LogP contribution in [0.2, 0.25) is 113 Å². The standard InChI is InChI=1S/C19H29N5O2Si.C15H21N5OSi.C13H23BN2O3.C12H18ClN3OSi.C6H4ClN3.C6H15ClOSi/c1-6-26-15(2)24-12-16(11-22-24)18-17-7-8-23(19(17)21-13-20-18)14-25-9-10-27(3,4)5;1-22(2,3)7-6-21-11-20-5-4-13-14(12-8-18-19-9-12)16-10-17-15(13)20;1-7-17-10(2)16-9-11(8-15-16)14-18-12(3,4)13(5,6)19-14;1-18(2,3)7-6-17-9-16-5-4-10-11(13)14-8-15-12(10)16;7-5-4-1-2-8-6(4)10-3-9-5;1-9(2,3)5-4-8-6-7/h7-8,11-13,15H,6,9-10,14H2,1-5H3;4-5,8-10H,6-7,11H2,1-3H3,(H,18,19);8-10H,7H2,1-6H3;4-5,8H,6-7,9H2,1-3H3;1-3H,(H,8,9,10);4-6H2,1-3H3. The van der Waals surface area contributed by atoms with Crippen LogP contribution in [0.5, 0.6) is 0 Å². The van der Waals surface area contributed by atoms with Gasteiger partial charge in [-0.15, -0.1) is 0 Å². The maximum Gasteiger partial charge on any atom is 0.498 e. The van der Waals surface area contributed by atoms with Crippen LogP contribution in [0.3, 0.4) is 0 Å². The van der Waals surface area contributed by atoms with E-state index < -0.39 is 32.3 Å². The lowest BCUT2D eigenvalue weighted by molar-refractivity contribution is 0.00578. The summed E-state index contributed by atoms with van der Waals surface area (Å²) >= 11 is 17.0. The van der Waals surface area contributed by atoms with Crippen LogP contribution in [0, 0.1) is 0 Å². The fourth-order valence-corrected chi connectivity index (χ4v) is 13.5. The molecule has 0 spiro atoms. The highest BCUT2D eigenvalue weighted by Crippen LogP contribution is 2.37. The van der Waals surface area contributed by atoms with Gasteiger partial charge in [0, 0.05) is 149 Å². The predicted molar refractivity (Wildman–Crippen MR) is 433 cm³/mol. The Morgan fingerprint density at radius 2 is 0.924 bits per heavy atom. The maximum absolute atomic E-state index is 5.99. The number of nitrogens with one attached hydrogen (secondary N) is 2. The maximum atomic E-state index is 5.99. The number of H-pyrrole nitrogens is 2. The van der Waals surface area contributed by atoms with Crippen LogP contribution in [-0.4, -0.2) is 185 Å². The zero-order chi connectivity index (χ0) is 76.8. The Bertz CT molecular complexity index is 4360. The van der Waals surface area contributed by atoms with Gasteiger partial charge in [-0.05, 0) is 104 Å². The summed E-state index contributed by atoms with van der Waals surface area (Å²) < 4.78 is 55.1. The molecule has 0 aromatic carbocycles. The van der Waals surface area contributed by atoms with Crippen LogP contribution in [0.25, 0.3) is 66.6 Å². The molecule has 12 rings (SSSR count). The fourth-order valence-electron chi connectivity index (χ4n) is 9.98. The summed E-state index contributed by atoms with van der Waals surface area (Å²) in [5, 5.41) is 20.2. The molecule has 12 heterocycles. The quantitative estimate of drug-likeness (QED) is 0.0200. The summed E-state index contributed by atoms with van der Waals surface area (Å²) in [6.07, 6.45) is 24.7. The molecular formula is C71H110BCl3N18O8Si4. The zero-order valence-electron chi connectivity index (χ0n) is 65.1. The molecule has 1 saturated heterocycles. The highest BCUT2D eigenvalue weighted by Gasteiger charge is 2.52. The molecule has 2 unspecified atom stereocenters. The highest BCUT2D eigenvalue weighted by atomic mass is 35.5. The molecule has 1 aliphatic heterocycles. The van der Waals surface area contributed by atoms with Gasteiger partial charge in [0.25, 0.3) is 0 Å². The Morgan fingerprint density at radius 3 is 1.37 bits per heavy atom. The molecule has 572 valence electrons. The largest absolute Gasteiger partial charge is 0.498 e. The minimum absolute atomic E-state index is 0.0822. The molecule has 1 aliphatic rings. The second-order valence-electron chi connectivity index (χ2n) is 31.1. The van der Waals surface area contributed by atoms with E-state index in [1.807, 2.05) is 141 Å². The smallest absolute Gasteiger partial charge is 0.399 e. The van der Waals surface area contributed by atoms with E-state index in [1.165, 1.54) is 30.8 Å². The Hall–Kier alpha value is -6.41. The van der Waals surface area contributed by atoms with Crippen LogP contribution < -0.4 is 5.46 Å². The number of aromatic amines is 2. The number of hydrogen-bond acceptors (Lipinski definition) is 19. The SMILES string of the molecule is CCOC(C)n1cc(-c2ncnc3c2ccn3COCC[Si](C)(C)C)cn1.CCOC(C)n1cc(B2OC(C)(C)C(C)(C)O2)cn1.C[Si](C)(C)CCOCCl.C[Si](C)(C)CCOCn1ccc2c(-c3cn[nH]c3)ncnc21.C[Si](C)(C)CCOCn1ccc2c(Cl)ncnc21.Clc1ncnc2[nH]ccc12. The summed E-state index contributed by atoms with van der Waals surface area (Å²) in [6, 6.07) is 12.9. The number of alkyl halides is 1. The second-order valence-corrected chi connectivity index (χ2v) is 54.5. The van der Waals surface area contributed by atoms with Crippen molar-refractivity contribution in [2.24, 2.45) is 0 Å². The van der Waals surface area contributed by atoms with Gasteiger partial charge in [0.05, 0.1) is 45.8 Å². The van der Waals surface area contributed by atoms with Gasteiger partial charge < -0.3 is 56.4 Å². The van der Waals surface area contributed by atoms with Gasteiger partial charge in [-0.1, -0.05) is 113 Å². The Labute approximate surface area is 637 Å². The van der Waals surface area contributed by atoms with Gasteiger partial charge in [-0.3, -0.25) is 5.10 Å². The van der Waals surface area contributed by atoms with Gasteiger partial charge in [0.15, 0.2) is 0 Å². The second kappa shape index (κ2) is 39.6. The average Bonchev–Trinajstić information content (AvgIpc) is 1.88. The van der Waals surface area contributed by atoms with Crippen molar-refractivity contribution >= 4 is 124 Å². The van der Waals surface area contributed by atoms with Crippen LogP contribution in [-0.2, 0) is 57.9 Å². The molecule has 34 heteroatoms. The van der Waals surface area contributed by atoms with Crippen molar-refractivity contribution in [2.75, 3.05) is 45.7 Å². The molecule has 2 atom stereocenters.